The van der Waals surface area contributed by atoms with Gasteiger partial charge in [0.1, 0.15) is 5.54 Å². The number of unbranched alkanes of at least 4 members (excludes halogenated alkanes) is 1. The first-order valence-corrected chi connectivity index (χ1v) is 6.54. The van der Waals surface area contributed by atoms with Crippen LogP contribution in [-0.4, -0.2) is 16.6 Å². The lowest BCUT2D eigenvalue weighted by atomic mass is 9.87. The summed E-state index contributed by atoms with van der Waals surface area (Å²) in [5, 5.41) is 9.27. The third-order valence-electron chi connectivity index (χ3n) is 2.87. The molecule has 0 bridgehead atoms. The number of carboxylic acids is 1. The monoisotopic (exact) mass is 299 g/mol. The predicted molar refractivity (Wildman–Crippen MR) is 71.9 cm³/mol. The van der Waals surface area contributed by atoms with Gasteiger partial charge in [0.25, 0.3) is 0 Å². The molecule has 0 saturated heterocycles. The topological polar surface area (TPSA) is 63.3 Å². The molecule has 0 aromatic heterocycles. The van der Waals surface area contributed by atoms with Crippen LogP contribution < -0.4 is 5.73 Å². The molecule has 1 atom stereocenters. The van der Waals surface area contributed by atoms with Gasteiger partial charge in [-0.25, -0.2) is 0 Å². The Morgan fingerprint density at radius 1 is 1.47 bits per heavy atom. The van der Waals surface area contributed by atoms with Gasteiger partial charge in [-0.3, -0.25) is 4.79 Å². The van der Waals surface area contributed by atoms with Crippen molar-refractivity contribution in [3.05, 3.63) is 34.3 Å². The highest BCUT2D eigenvalue weighted by Crippen LogP contribution is 2.23. The summed E-state index contributed by atoms with van der Waals surface area (Å²) in [6.07, 6.45) is 2.62. The summed E-state index contributed by atoms with van der Waals surface area (Å²) in [6.45, 7) is 2.03. The molecular weight excluding hydrogens is 282 g/mol. The van der Waals surface area contributed by atoms with Crippen LogP contribution in [0.15, 0.2) is 28.7 Å². The van der Waals surface area contributed by atoms with E-state index in [1.165, 1.54) is 0 Å². The van der Waals surface area contributed by atoms with Crippen molar-refractivity contribution in [3.8, 4) is 0 Å². The normalized spacial score (nSPS) is 14.3. The molecule has 3 nitrogen and oxygen atoms in total. The van der Waals surface area contributed by atoms with E-state index in [-0.39, 0.29) is 0 Å². The minimum absolute atomic E-state index is 0.351. The molecule has 0 saturated carbocycles. The molecule has 0 aliphatic rings. The number of rotatable bonds is 6. The van der Waals surface area contributed by atoms with E-state index in [9.17, 15) is 9.90 Å². The zero-order valence-electron chi connectivity index (χ0n) is 9.95. The molecule has 4 heteroatoms. The summed E-state index contributed by atoms with van der Waals surface area (Å²) in [7, 11) is 0. The highest BCUT2D eigenvalue weighted by atomic mass is 79.9. The SMILES string of the molecule is CCCC[C@@](N)(Cc1ccccc1Br)C(=O)O. The average molecular weight is 300 g/mol. The maximum atomic E-state index is 11.3. The third kappa shape index (κ3) is 3.82. The molecule has 0 aliphatic carbocycles. The summed E-state index contributed by atoms with van der Waals surface area (Å²) < 4.78 is 0.910. The number of hydrogen-bond donors (Lipinski definition) is 2. The van der Waals surface area contributed by atoms with Gasteiger partial charge in [-0.2, -0.15) is 0 Å². The Balaban J connectivity index is 2.87. The number of carbonyl (C=O) groups is 1. The first-order valence-electron chi connectivity index (χ1n) is 5.75. The van der Waals surface area contributed by atoms with E-state index < -0.39 is 11.5 Å². The molecule has 1 aromatic carbocycles. The van der Waals surface area contributed by atoms with Crippen LogP contribution in [0.5, 0.6) is 0 Å². The minimum Gasteiger partial charge on any atom is -0.480 e. The van der Waals surface area contributed by atoms with Crippen LogP contribution in [-0.2, 0) is 11.2 Å². The second-order valence-corrected chi connectivity index (χ2v) is 5.19. The van der Waals surface area contributed by atoms with E-state index in [2.05, 4.69) is 15.9 Å². The molecule has 0 unspecified atom stereocenters. The van der Waals surface area contributed by atoms with Crippen LogP contribution in [0.4, 0.5) is 0 Å². The number of hydrogen-bond acceptors (Lipinski definition) is 2. The summed E-state index contributed by atoms with van der Waals surface area (Å²) in [6, 6.07) is 7.60. The smallest absolute Gasteiger partial charge is 0.324 e. The zero-order valence-corrected chi connectivity index (χ0v) is 11.5. The maximum absolute atomic E-state index is 11.3. The van der Waals surface area contributed by atoms with Gasteiger partial charge >= 0.3 is 5.97 Å². The number of halogens is 1. The average Bonchev–Trinajstić information content (AvgIpc) is 2.29. The van der Waals surface area contributed by atoms with Crippen molar-refractivity contribution < 1.29 is 9.90 Å². The van der Waals surface area contributed by atoms with E-state index >= 15 is 0 Å². The lowest BCUT2D eigenvalue weighted by molar-refractivity contribution is -0.143. The minimum atomic E-state index is -1.17. The van der Waals surface area contributed by atoms with Crippen molar-refractivity contribution in [2.45, 2.75) is 38.1 Å². The van der Waals surface area contributed by atoms with Crippen LogP contribution in [0.3, 0.4) is 0 Å². The first kappa shape index (κ1) is 14.2. The fourth-order valence-electron chi connectivity index (χ4n) is 1.74. The highest BCUT2D eigenvalue weighted by molar-refractivity contribution is 9.10. The van der Waals surface area contributed by atoms with Crippen molar-refractivity contribution in [1.82, 2.24) is 0 Å². The molecule has 0 heterocycles. The number of carboxylic acid groups (broad SMARTS) is 1. The van der Waals surface area contributed by atoms with Crippen LogP contribution in [0.25, 0.3) is 0 Å². The molecule has 0 amide bonds. The first-order chi connectivity index (χ1) is 7.99. The summed E-state index contributed by atoms with van der Waals surface area (Å²) >= 11 is 3.42. The fourth-order valence-corrected chi connectivity index (χ4v) is 2.17. The van der Waals surface area contributed by atoms with E-state index in [1.807, 2.05) is 31.2 Å². The van der Waals surface area contributed by atoms with E-state index in [0.29, 0.717) is 12.8 Å². The summed E-state index contributed by atoms with van der Waals surface area (Å²) in [5.41, 5.74) is 5.78. The molecule has 1 aromatic rings. The van der Waals surface area contributed by atoms with Crippen molar-refractivity contribution in [3.63, 3.8) is 0 Å². The molecular formula is C13H18BrNO2. The van der Waals surface area contributed by atoms with Gasteiger partial charge in [0, 0.05) is 10.9 Å². The van der Waals surface area contributed by atoms with Crippen LogP contribution in [0, 0.1) is 0 Å². The third-order valence-corrected chi connectivity index (χ3v) is 3.64. The number of aliphatic carboxylic acids is 1. The van der Waals surface area contributed by atoms with Crippen LogP contribution in [0.1, 0.15) is 31.7 Å². The molecule has 0 fully saturated rings. The van der Waals surface area contributed by atoms with E-state index in [1.54, 1.807) is 0 Å². The largest absolute Gasteiger partial charge is 0.480 e. The van der Waals surface area contributed by atoms with Gasteiger partial charge in [0.15, 0.2) is 0 Å². The fraction of sp³-hybridized carbons (Fsp3) is 0.462. The van der Waals surface area contributed by atoms with Gasteiger partial charge in [-0.1, -0.05) is 53.9 Å². The predicted octanol–water partition coefficient (Wildman–Crippen LogP) is 2.96. The molecule has 0 aliphatic heterocycles. The van der Waals surface area contributed by atoms with Crippen LogP contribution in [0.2, 0.25) is 0 Å². The van der Waals surface area contributed by atoms with Crippen molar-refractivity contribution in [2.24, 2.45) is 5.73 Å². The van der Waals surface area contributed by atoms with Crippen molar-refractivity contribution in [2.75, 3.05) is 0 Å². The van der Waals surface area contributed by atoms with Gasteiger partial charge < -0.3 is 10.8 Å². The van der Waals surface area contributed by atoms with Crippen LogP contribution >= 0.6 is 15.9 Å². The van der Waals surface area contributed by atoms with Gasteiger partial charge in [-0.15, -0.1) is 0 Å². The van der Waals surface area contributed by atoms with Crippen molar-refractivity contribution >= 4 is 21.9 Å². The lowest BCUT2D eigenvalue weighted by Gasteiger charge is -2.25. The van der Waals surface area contributed by atoms with Gasteiger partial charge in [-0.05, 0) is 18.1 Å². The number of benzene rings is 1. The Kier molecular flexibility index (Phi) is 5.15. The Labute approximate surface area is 110 Å². The Morgan fingerprint density at radius 3 is 2.65 bits per heavy atom. The Morgan fingerprint density at radius 2 is 2.12 bits per heavy atom. The quantitative estimate of drug-likeness (QED) is 0.849. The molecule has 1 rings (SSSR count). The van der Waals surface area contributed by atoms with E-state index in [0.717, 1.165) is 22.9 Å². The van der Waals surface area contributed by atoms with Gasteiger partial charge in [0.2, 0.25) is 0 Å². The summed E-state index contributed by atoms with van der Waals surface area (Å²) in [4.78, 5) is 11.3. The van der Waals surface area contributed by atoms with Gasteiger partial charge in [0.05, 0.1) is 0 Å². The maximum Gasteiger partial charge on any atom is 0.324 e. The second-order valence-electron chi connectivity index (χ2n) is 4.33. The van der Waals surface area contributed by atoms with Crippen molar-refractivity contribution in [1.29, 1.82) is 0 Å². The lowest BCUT2D eigenvalue weighted by Crippen LogP contribution is -2.50. The number of nitrogens with two attached hydrogens (primary N) is 1. The van der Waals surface area contributed by atoms with E-state index in [4.69, 9.17) is 5.73 Å². The molecule has 94 valence electrons. The zero-order chi connectivity index (χ0) is 12.9. The Hall–Kier alpha value is -0.870. The molecule has 17 heavy (non-hydrogen) atoms. The molecule has 0 spiro atoms. The highest BCUT2D eigenvalue weighted by Gasteiger charge is 2.33. The second kappa shape index (κ2) is 6.17. The summed E-state index contributed by atoms with van der Waals surface area (Å²) in [5.74, 6) is -0.929. The standard InChI is InChI=1S/C13H18BrNO2/c1-2-3-8-13(15,12(16)17)9-10-6-4-5-7-11(10)14/h4-7H,2-3,8-9,15H2,1H3,(H,16,17)/t13-/m1/s1. The Bertz CT molecular complexity index is 395. The molecule has 3 N–H and O–H groups in total. The molecule has 0 radical (unpaired) electrons.